The SMILES string of the molecule is Cc1ccc(OCC(=O)NCCNS(=O)(=O)c2ccccc2)c(C)c1. The second-order valence-electron chi connectivity index (χ2n) is 5.62. The van der Waals surface area contributed by atoms with Crippen LogP contribution in [-0.4, -0.2) is 34.0 Å². The summed E-state index contributed by atoms with van der Waals surface area (Å²) in [6.45, 7) is 4.07. The molecule has 0 aromatic heterocycles. The van der Waals surface area contributed by atoms with Gasteiger partial charge in [0.25, 0.3) is 5.91 Å². The number of aryl methyl sites for hydroxylation is 2. The van der Waals surface area contributed by atoms with Crippen molar-refractivity contribution in [1.29, 1.82) is 0 Å². The molecule has 6 nitrogen and oxygen atoms in total. The van der Waals surface area contributed by atoms with Crippen molar-refractivity contribution in [2.45, 2.75) is 18.7 Å². The summed E-state index contributed by atoms with van der Waals surface area (Å²) in [5.41, 5.74) is 2.09. The minimum atomic E-state index is -3.56. The number of rotatable bonds is 8. The monoisotopic (exact) mass is 362 g/mol. The van der Waals surface area contributed by atoms with E-state index < -0.39 is 10.0 Å². The van der Waals surface area contributed by atoms with Gasteiger partial charge in [-0.05, 0) is 37.6 Å². The van der Waals surface area contributed by atoms with Gasteiger partial charge in [0, 0.05) is 13.1 Å². The van der Waals surface area contributed by atoms with Gasteiger partial charge in [0.15, 0.2) is 6.61 Å². The summed E-state index contributed by atoms with van der Waals surface area (Å²) >= 11 is 0. The molecule has 1 amide bonds. The van der Waals surface area contributed by atoms with Crippen LogP contribution in [0.3, 0.4) is 0 Å². The van der Waals surface area contributed by atoms with E-state index in [-0.39, 0.29) is 30.5 Å². The Kier molecular flexibility index (Phi) is 6.55. The third-order valence-corrected chi connectivity index (χ3v) is 4.96. The molecule has 0 unspecified atom stereocenters. The summed E-state index contributed by atoms with van der Waals surface area (Å²) in [4.78, 5) is 12.0. The van der Waals surface area contributed by atoms with Gasteiger partial charge in [-0.15, -0.1) is 0 Å². The second kappa shape index (κ2) is 8.64. The van der Waals surface area contributed by atoms with E-state index in [2.05, 4.69) is 10.0 Å². The lowest BCUT2D eigenvalue weighted by molar-refractivity contribution is -0.123. The number of nitrogens with one attached hydrogen (secondary N) is 2. The summed E-state index contributed by atoms with van der Waals surface area (Å²) in [5, 5.41) is 2.62. The molecule has 134 valence electrons. The Balaban J connectivity index is 1.72. The first-order chi connectivity index (χ1) is 11.9. The van der Waals surface area contributed by atoms with Gasteiger partial charge in [0.1, 0.15) is 5.75 Å². The molecule has 2 rings (SSSR count). The fourth-order valence-corrected chi connectivity index (χ4v) is 3.28. The molecule has 0 fully saturated rings. The van der Waals surface area contributed by atoms with Crippen LogP contribution >= 0.6 is 0 Å². The van der Waals surface area contributed by atoms with Crippen LogP contribution in [0.5, 0.6) is 5.75 Å². The third-order valence-electron chi connectivity index (χ3n) is 3.48. The van der Waals surface area contributed by atoms with Crippen molar-refractivity contribution in [2.75, 3.05) is 19.7 Å². The average molecular weight is 362 g/mol. The Hall–Kier alpha value is -2.38. The van der Waals surface area contributed by atoms with E-state index in [0.29, 0.717) is 5.75 Å². The smallest absolute Gasteiger partial charge is 0.257 e. The maximum Gasteiger partial charge on any atom is 0.257 e. The quantitative estimate of drug-likeness (QED) is 0.701. The maximum absolute atomic E-state index is 12.0. The molecular formula is C18H22N2O4S. The Morgan fingerprint density at radius 2 is 1.76 bits per heavy atom. The molecule has 25 heavy (non-hydrogen) atoms. The molecule has 0 aliphatic heterocycles. The minimum Gasteiger partial charge on any atom is -0.484 e. The second-order valence-corrected chi connectivity index (χ2v) is 7.39. The molecule has 0 spiro atoms. The van der Waals surface area contributed by atoms with Gasteiger partial charge < -0.3 is 10.1 Å². The Morgan fingerprint density at radius 3 is 2.44 bits per heavy atom. The summed E-state index contributed by atoms with van der Waals surface area (Å²) in [6, 6.07) is 13.8. The topological polar surface area (TPSA) is 84.5 Å². The molecule has 2 aromatic rings. The molecule has 7 heteroatoms. The zero-order chi connectivity index (χ0) is 18.3. The van der Waals surface area contributed by atoms with E-state index >= 15 is 0 Å². The van der Waals surface area contributed by atoms with Crippen molar-refractivity contribution in [3.05, 3.63) is 59.7 Å². The zero-order valence-electron chi connectivity index (χ0n) is 14.3. The van der Waals surface area contributed by atoms with E-state index in [4.69, 9.17) is 4.74 Å². The van der Waals surface area contributed by atoms with Gasteiger partial charge in [-0.25, -0.2) is 13.1 Å². The lowest BCUT2D eigenvalue weighted by Crippen LogP contribution is -2.36. The molecule has 0 aliphatic rings. The highest BCUT2D eigenvalue weighted by atomic mass is 32.2. The molecule has 0 bridgehead atoms. The van der Waals surface area contributed by atoms with E-state index in [9.17, 15) is 13.2 Å². The van der Waals surface area contributed by atoms with Crippen molar-refractivity contribution < 1.29 is 17.9 Å². The molecule has 0 saturated heterocycles. The van der Waals surface area contributed by atoms with Crippen molar-refractivity contribution >= 4 is 15.9 Å². The highest BCUT2D eigenvalue weighted by Gasteiger charge is 2.12. The summed E-state index contributed by atoms with van der Waals surface area (Å²) in [7, 11) is -3.56. The average Bonchev–Trinajstić information content (AvgIpc) is 2.59. The third kappa shape index (κ3) is 5.88. The summed E-state index contributed by atoms with van der Waals surface area (Å²) in [5.74, 6) is 0.351. The Morgan fingerprint density at radius 1 is 1.04 bits per heavy atom. The number of hydrogen-bond acceptors (Lipinski definition) is 4. The molecule has 2 aromatic carbocycles. The first-order valence-electron chi connectivity index (χ1n) is 7.90. The summed E-state index contributed by atoms with van der Waals surface area (Å²) in [6.07, 6.45) is 0. The first kappa shape index (κ1) is 19.0. The van der Waals surface area contributed by atoms with E-state index in [1.165, 1.54) is 12.1 Å². The van der Waals surface area contributed by atoms with Gasteiger partial charge >= 0.3 is 0 Å². The predicted molar refractivity (Wildman–Crippen MR) is 96.1 cm³/mol. The Bertz CT molecular complexity index is 820. The van der Waals surface area contributed by atoms with Gasteiger partial charge in [-0.3, -0.25) is 4.79 Å². The highest BCUT2D eigenvalue weighted by molar-refractivity contribution is 7.89. The number of carbonyl (C=O) groups excluding carboxylic acids is 1. The van der Waals surface area contributed by atoms with Crippen LogP contribution in [0, 0.1) is 13.8 Å². The van der Waals surface area contributed by atoms with Crippen molar-refractivity contribution in [3.63, 3.8) is 0 Å². The number of carbonyl (C=O) groups is 1. The minimum absolute atomic E-state index is 0.104. The van der Waals surface area contributed by atoms with Crippen molar-refractivity contribution in [3.8, 4) is 5.75 Å². The number of benzene rings is 2. The van der Waals surface area contributed by atoms with Crippen molar-refractivity contribution in [1.82, 2.24) is 10.0 Å². The first-order valence-corrected chi connectivity index (χ1v) is 9.38. The highest BCUT2D eigenvalue weighted by Crippen LogP contribution is 2.18. The molecule has 0 atom stereocenters. The molecular weight excluding hydrogens is 340 g/mol. The van der Waals surface area contributed by atoms with Gasteiger partial charge in [-0.1, -0.05) is 35.9 Å². The van der Waals surface area contributed by atoms with Gasteiger partial charge in [0.05, 0.1) is 4.90 Å². The molecule has 2 N–H and O–H groups in total. The van der Waals surface area contributed by atoms with Crippen LogP contribution in [-0.2, 0) is 14.8 Å². The number of amides is 1. The summed E-state index contributed by atoms with van der Waals surface area (Å²) < 4.78 is 31.9. The maximum atomic E-state index is 12.0. The molecule has 0 radical (unpaired) electrons. The van der Waals surface area contributed by atoms with Crippen LogP contribution in [0.15, 0.2) is 53.4 Å². The molecule has 0 aliphatic carbocycles. The van der Waals surface area contributed by atoms with Crippen LogP contribution in [0.2, 0.25) is 0 Å². The fourth-order valence-electron chi connectivity index (χ4n) is 2.23. The predicted octanol–water partition coefficient (Wildman–Crippen LogP) is 1.78. The van der Waals surface area contributed by atoms with E-state index in [1.807, 2.05) is 32.0 Å². The zero-order valence-corrected chi connectivity index (χ0v) is 15.1. The number of ether oxygens (including phenoxy) is 1. The largest absolute Gasteiger partial charge is 0.484 e. The lowest BCUT2D eigenvalue weighted by Gasteiger charge is -2.11. The van der Waals surface area contributed by atoms with Crippen LogP contribution in [0.25, 0.3) is 0 Å². The fraction of sp³-hybridized carbons (Fsp3) is 0.278. The van der Waals surface area contributed by atoms with Gasteiger partial charge in [-0.2, -0.15) is 0 Å². The van der Waals surface area contributed by atoms with Crippen molar-refractivity contribution in [2.24, 2.45) is 0 Å². The van der Waals surface area contributed by atoms with Gasteiger partial charge in [0.2, 0.25) is 10.0 Å². The standard InChI is InChI=1S/C18H22N2O4S/c1-14-8-9-17(15(2)12-14)24-13-18(21)19-10-11-20-25(22,23)16-6-4-3-5-7-16/h3-9,12,20H,10-11,13H2,1-2H3,(H,19,21). The molecule has 0 heterocycles. The van der Waals surface area contributed by atoms with Crippen LogP contribution < -0.4 is 14.8 Å². The van der Waals surface area contributed by atoms with Crippen LogP contribution in [0.1, 0.15) is 11.1 Å². The Labute approximate surface area is 148 Å². The van der Waals surface area contributed by atoms with E-state index in [0.717, 1.165) is 11.1 Å². The van der Waals surface area contributed by atoms with E-state index in [1.54, 1.807) is 18.2 Å². The number of hydrogen-bond donors (Lipinski definition) is 2. The molecule has 0 saturated carbocycles. The normalized spacial score (nSPS) is 11.1. The van der Waals surface area contributed by atoms with Crippen LogP contribution in [0.4, 0.5) is 0 Å². The lowest BCUT2D eigenvalue weighted by atomic mass is 10.1. The number of sulfonamides is 1.